The first-order valence-corrected chi connectivity index (χ1v) is 7.17. The number of H-pyrrole nitrogens is 1. The Morgan fingerprint density at radius 2 is 2.12 bits per heavy atom. The van der Waals surface area contributed by atoms with Crippen LogP contribution in [0.25, 0.3) is 11.0 Å². The van der Waals surface area contributed by atoms with Crippen LogP contribution < -0.4 is 5.32 Å². The largest absolute Gasteiger partial charge is 0.435 e. The van der Waals surface area contributed by atoms with Gasteiger partial charge in [0.25, 0.3) is 5.91 Å². The molecule has 1 aromatic carbocycles. The van der Waals surface area contributed by atoms with E-state index in [2.05, 4.69) is 20.4 Å². The lowest BCUT2D eigenvalue weighted by molar-refractivity contribution is -0.141. The molecule has 126 valence electrons. The number of nitrogens with one attached hydrogen (secondary N) is 2. The Morgan fingerprint density at radius 1 is 1.33 bits per heavy atom. The minimum absolute atomic E-state index is 0.153. The number of fused-ring (bicyclic) bond motifs is 1. The quantitative estimate of drug-likeness (QED) is 0.768. The molecule has 0 saturated carbocycles. The second-order valence-electron chi connectivity index (χ2n) is 5.28. The fourth-order valence-electron chi connectivity index (χ4n) is 2.33. The van der Waals surface area contributed by atoms with Crippen LogP contribution in [0.2, 0.25) is 0 Å². The molecule has 2 N–H and O–H groups in total. The molecule has 2 heterocycles. The predicted molar refractivity (Wildman–Crippen MR) is 80.4 cm³/mol. The fraction of sp³-hybridized carbons (Fsp3) is 0.267. The zero-order chi connectivity index (χ0) is 17.3. The van der Waals surface area contributed by atoms with Gasteiger partial charge in [0.05, 0.1) is 23.9 Å². The molecule has 0 fully saturated rings. The zero-order valence-electron chi connectivity index (χ0n) is 12.7. The molecule has 0 aliphatic carbocycles. The number of aromatic amines is 1. The minimum atomic E-state index is -4.47. The molecule has 0 atom stereocenters. The molecular weight excluding hydrogens is 323 g/mol. The first-order valence-electron chi connectivity index (χ1n) is 7.17. The Bertz CT molecular complexity index is 881. The summed E-state index contributed by atoms with van der Waals surface area (Å²) in [5.41, 5.74) is 1.38. The third-order valence-corrected chi connectivity index (χ3v) is 3.56. The molecule has 0 aliphatic rings. The molecule has 1 amide bonds. The van der Waals surface area contributed by atoms with Gasteiger partial charge in [-0.1, -0.05) is 0 Å². The fourth-order valence-corrected chi connectivity index (χ4v) is 2.33. The number of halogens is 3. The maximum Gasteiger partial charge on any atom is 0.435 e. The molecule has 0 unspecified atom stereocenters. The second-order valence-corrected chi connectivity index (χ2v) is 5.28. The van der Waals surface area contributed by atoms with Crippen molar-refractivity contribution < 1.29 is 18.0 Å². The van der Waals surface area contributed by atoms with E-state index in [4.69, 9.17) is 0 Å². The Hall–Kier alpha value is -2.84. The summed E-state index contributed by atoms with van der Waals surface area (Å²) in [6.45, 7) is 1.86. The third-order valence-electron chi connectivity index (χ3n) is 3.56. The molecule has 2 aromatic heterocycles. The van der Waals surface area contributed by atoms with Crippen molar-refractivity contribution in [3.05, 3.63) is 47.5 Å². The van der Waals surface area contributed by atoms with Gasteiger partial charge in [-0.05, 0) is 31.2 Å². The number of hydrogen-bond acceptors (Lipinski definition) is 3. The van der Waals surface area contributed by atoms with Crippen molar-refractivity contribution in [2.75, 3.05) is 6.54 Å². The highest BCUT2D eigenvalue weighted by atomic mass is 19.4. The summed E-state index contributed by atoms with van der Waals surface area (Å²) in [5, 5.41) is 6.18. The molecule has 0 aliphatic heterocycles. The van der Waals surface area contributed by atoms with E-state index < -0.39 is 11.9 Å². The van der Waals surface area contributed by atoms with Gasteiger partial charge in [-0.2, -0.15) is 18.3 Å². The van der Waals surface area contributed by atoms with Crippen molar-refractivity contribution in [3.8, 4) is 0 Å². The molecule has 24 heavy (non-hydrogen) atoms. The van der Waals surface area contributed by atoms with Crippen LogP contribution in [-0.2, 0) is 12.7 Å². The van der Waals surface area contributed by atoms with Crippen molar-refractivity contribution >= 4 is 16.9 Å². The van der Waals surface area contributed by atoms with Crippen molar-refractivity contribution in [2.24, 2.45) is 0 Å². The smallest absolute Gasteiger partial charge is 0.350 e. The molecule has 3 rings (SSSR count). The molecule has 0 spiro atoms. The third kappa shape index (κ3) is 3.24. The normalized spacial score (nSPS) is 11.8. The lowest BCUT2D eigenvalue weighted by Gasteiger charge is -2.07. The number of rotatable bonds is 4. The van der Waals surface area contributed by atoms with Gasteiger partial charge < -0.3 is 10.3 Å². The van der Waals surface area contributed by atoms with Crippen molar-refractivity contribution in [1.29, 1.82) is 0 Å². The molecule has 0 saturated heterocycles. The van der Waals surface area contributed by atoms with E-state index in [-0.39, 0.29) is 19.0 Å². The van der Waals surface area contributed by atoms with E-state index in [1.165, 1.54) is 17.9 Å². The molecule has 3 aromatic rings. The van der Waals surface area contributed by atoms with Gasteiger partial charge in [0.15, 0.2) is 5.69 Å². The van der Waals surface area contributed by atoms with Crippen molar-refractivity contribution in [1.82, 2.24) is 25.1 Å². The summed E-state index contributed by atoms with van der Waals surface area (Å²) >= 11 is 0. The van der Waals surface area contributed by atoms with Crippen LogP contribution >= 0.6 is 0 Å². The second kappa shape index (κ2) is 5.99. The summed E-state index contributed by atoms with van der Waals surface area (Å²) < 4.78 is 39.0. The summed E-state index contributed by atoms with van der Waals surface area (Å²) in [6.07, 6.45) is -2.94. The lowest BCUT2D eigenvalue weighted by Crippen LogP contribution is -2.27. The standard InChI is InChI=1S/C15H14F3N5O/c1-9-6-13(15(16,17)18)22-23(9)5-4-19-14(24)10-2-3-11-12(7-10)21-8-20-11/h2-3,6-8H,4-5H2,1H3,(H,19,24)(H,20,21). The number of alkyl halides is 3. The van der Waals surface area contributed by atoms with E-state index in [9.17, 15) is 18.0 Å². The number of imidazole rings is 1. The Labute approximate surface area is 134 Å². The Morgan fingerprint density at radius 3 is 2.83 bits per heavy atom. The van der Waals surface area contributed by atoms with Gasteiger partial charge >= 0.3 is 6.18 Å². The van der Waals surface area contributed by atoms with Crippen molar-refractivity contribution in [3.63, 3.8) is 0 Å². The predicted octanol–water partition coefficient (Wildman–Crippen LogP) is 2.52. The number of aryl methyl sites for hydroxylation is 1. The van der Waals surface area contributed by atoms with E-state index in [0.717, 1.165) is 17.1 Å². The van der Waals surface area contributed by atoms with Crippen LogP contribution in [0.5, 0.6) is 0 Å². The van der Waals surface area contributed by atoms with Crippen LogP contribution in [0.3, 0.4) is 0 Å². The summed E-state index contributed by atoms with van der Waals surface area (Å²) in [7, 11) is 0. The average molecular weight is 337 g/mol. The highest BCUT2D eigenvalue weighted by molar-refractivity contribution is 5.97. The average Bonchev–Trinajstić information content (AvgIpc) is 3.12. The Kier molecular flexibility index (Phi) is 4.00. The number of benzene rings is 1. The topological polar surface area (TPSA) is 75.6 Å². The number of nitrogens with zero attached hydrogens (tertiary/aromatic N) is 3. The van der Waals surface area contributed by atoms with E-state index in [0.29, 0.717) is 11.3 Å². The van der Waals surface area contributed by atoms with Crippen LogP contribution in [0.15, 0.2) is 30.6 Å². The number of hydrogen-bond donors (Lipinski definition) is 2. The first-order chi connectivity index (χ1) is 11.3. The summed E-state index contributed by atoms with van der Waals surface area (Å²) in [5.74, 6) is -0.313. The van der Waals surface area contributed by atoms with Crippen LogP contribution in [0, 0.1) is 6.92 Å². The maximum absolute atomic E-state index is 12.6. The molecular formula is C15H14F3N5O. The summed E-state index contributed by atoms with van der Waals surface area (Å²) in [6, 6.07) is 6.00. The van der Waals surface area contributed by atoms with Crippen molar-refractivity contribution in [2.45, 2.75) is 19.6 Å². The van der Waals surface area contributed by atoms with Gasteiger partial charge in [-0.25, -0.2) is 4.98 Å². The Balaban J connectivity index is 1.61. The summed E-state index contributed by atoms with van der Waals surface area (Å²) in [4.78, 5) is 19.1. The lowest BCUT2D eigenvalue weighted by atomic mass is 10.2. The minimum Gasteiger partial charge on any atom is -0.350 e. The van der Waals surface area contributed by atoms with E-state index >= 15 is 0 Å². The number of carbonyl (C=O) groups excluding carboxylic acids is 1. The zero-order valence-corrected chi connectivity index (χ0v) is 12.7. The first kappa shape index (κ1) is 16.0. The number of aromatic nitrogens is 4. The molecule has 0 bridgehead atoms. The maximum atomic E-state index is 12.6. The highest BCUT2D eigenvalue weighted by Crippen LogP contribution is 2.28. The number of amides is 1. The molecule has 9 heteroatoms. The SMILES string of the molecule is Cc1cc(C(F)(F)F)nn1CCNC(=O)c1ccc2nc[nH]c2c1. The van der Waals surface area contributed by atoms with Crippen LogP contribution in [-0.4, -0.2) is 32.2 Å². The van der Waals surface area contributed by atoms with Gasteiger partial charge in [0, 0.05) is 17.8 Å². The molecule has 0 radical (unpaired) electrons. The van der Waals surface area contributed by atoms with Crippen LogP contribution in [0.4, 0.5) is 13.2 Å². The monoisotopic (exact) mass is 337 g/mol. The van der Waals surface area contributed by atoms with E-state index in [1.807, 2.05) is 0 Å². The number of carbonyl (C=O) groups is 1. The van der Waals surface area contributed by atoms with Gasteiger partial charge in [0.1, 0.15) is 0 Å². The molecule has 6 nitrogen and oxygen atoms in total. The van der Waals surface area contributed by atoms with Gasteiger partial charge in [-0.3, -0.25) is 9.48 Å². The van der Waals surface area contributed by atoms with E-state index in [1.54, 1.807) is 18.2 Å². The van der Waals surface area contributed by atoms with Crippen LogP contribution in [0.1, 0.15) is 21.7 Å². The van der Waals surface area contributed by atoms with Gasteiger partial charge in [0.2, 0.25) is 0 Å². The highest BCUT2D eigenvalue weighted by Gasteiger charge is 2.34. The van der Waals surface area contributed by atoms with Gasteiger partial charge in [-0.15, -0.1) is 0 Å².